The first-order chi connectivity index (χ1) is 15.5. The second kappa shape index (κ2) is 11.4. The molecule has 1 heterocycles. The maximum atomic E-state index is 14.0. The molecule has 2 fully saturated rings. The van der Waals surface area contributed by atoms with E-state index in [1.165, 1.54) is 7.11 Å². The summed E-state index contributed by atoms with van der Waals surface area (Å²) in [6.07, 6.45) is 3.98. The Morgan fingerprint density at radius 1 is 1.27 bits per heavy atom. The van der Waals surface area contributed by atoms with E-state index >= 15 is 0 Å². The van der Waals surface area contributed by atoms with Crippen LogP contribution in [0.15, 0.2) is 0 Å². The number of urea groups is 1. The summed E-state index contributed by atoms with van der Waals surface area (Å²) in [5, 5.41) is 12.6. The van der Waals surface area contributed by atoms with Gasteiger partial charge in [-0.05, 0) is 26.2 Å². The van der Waals surface area contributed by atoms with Crippen LogP contribution in [0.2, 0.25) is 0 Å². The average Bonchev–Trinajstić information content (AvgIpc) is 3.34. The lowest BCUT2D eigenvalue weighted by molar-refractivity contribution is -0.791. The second-order valence-corrected chi connectivity index (χ2v) is 10.3. The number of hydrogen-bond donors (Lipinski definition) is 2. The molecule has 10 heteroatoms. The summed E-state index contributed by atoms with van der Waals surface area (Å²) in [5.74, 6) is -0.808. The van der Waals surface area contributed by atoms with E-state index in [1.54, 1.807) is 6.92 Å². The Labute approximate surface area is 196 Å². The summed E-state index contributed by atoms with van der Waals surface area (Å²) in [6, 6.07) is -1.15. The highest BCUT2D eigenvalue weighted by Gasteiger charge is 2.61. The number of imide groups is 2. The average molecular weight is 471 g/mol. The van der Waals surface area contributed by atoms with Crippen LogP contribution in [0.3, 0.4) is 0 Å². The molecule has 5 amide bonds. The van der Waals surface area contributed by atoms with Gasteiger partial charge in [0.15, 0.2) is 0 Å². The molecule has 1 aliphatic carbocycles. The van der Waals surface area contributed by atoms with E-state index in [0.29, 0.717) is 23.8 Å². The van der Waals surface area contributed by atoms with Crippen LogP contribution in [-0.4, -0.2) is 78.1 Å². The molecule has 0 radical (unpaired) electrons. The zero-order valence-corrected chi connectivity index (χ0v) is 20.5. The van der Waals surface area contributed by atoms with Crippen molar-refractivity contribution in [3.8, 4) is 0 Å². The van der Waals surface area contributed by atoms with Gasteiger partial charge in [0.25, 0.3) is 0 Å². The highest BCUT2D eigenvalue weighted by molar-refractivity contribution is 5.93. The molecule has 1 aliphatic heterocycles. The minimum absolute atomic E-state index is 0.172. The Bertz CT molecular complexity index is 723. The van der Waals surface area contributed by atoms with Crippen LogP contribution in [-0.2, 0) is 19.1 Å². The lowest BCUT2D eigenvalue weighted by Gasteiger charge is -2.38. The van der Waals surface area contributed by atoms with Crippen molar-refractivity contribution in [3.05, 3.63) is 0 Å². The van der Waals surface area contributed by atoms with Gasteiger partial charge in [0, 0.05) is 18.9 Å². The number of methoxy groups -OCH3 is 1. The topological polar surface area (TPSA) is 122 Å². The van der Waals surface area contributed by atoms with Crippen molar-refractivity contribution in [2.24, 2.45) is 17.3 Å². The third kappa shape index (κ3) is 6.30. The molecule has 0 spiro atoms. The van der Waals surface area contributed by atoms with Gasteiger partial charge in [0.1, 0.15) is 12.1 Å². The van der Waals surface area contributed by atoms with Crippen LogP contribution in [0, 0.1) is 17.3 Å². The number of quaternary nitrogens is 1. The van der Waals surface area contributed by atoms with Crippen LogP contribution in [0.4, 0.5) is 9.59 Å². The number of ether oxygens (including phenoxy) is 2. The zero-order valence-electron chi connectivity index (χ0n) is 20.5. The van der Waals surface area contributed by atoms with Gasteiger partial charge in [-0.15, -0.1) is 0 Å². The molecule has 188 valence electrons. The summed E-state index contributed by atoms with van der Waals surface area (Å²) in [4.78, 5) is 51.0. The molecule has 0 aromatic carbocycles. The minimum Gasteiger partial charge on any atom is -0.444 e. The van der Waals surface area contributed by atoms with Crippen molar-refractivity contribution in [2.45, 2.75) is 78.4 Å². The molecule has 10 nitrogen and oxygen atoms in total. The SMILES string of the molecule is COC[C@H](C)OC(=O)NC(=O)[N+]1(C(=O)[C@H](CC2CCCC2)CN(O)C=O)CCC(C)(C)[C@H]1C. The number of nitrogens with one attached hydrogen (secondary N) is 1. The molecular formula is C23H40N3O7+. The fourth-order valence-electron chi connectivity index (χ4n) is 5.31. The number of amides is 5. The Hall–Kier alpha value is -2.04. The van der Waals surface area contributed by atoms with E-state index in [0.717, 1.165) is 25.7 Å². The molecule has 1 saturated heterocycles. The fourth-order valence-corrected chi connectivity index (χ4v) is 5.31. The molecule has 2 rings (SSSR count). The number of likely N-dealkylation sites (tertiary alicyclic amines) is 1. The lowest BCUT2D eigenvalue weighted by Crippen LogP contribution is -2.67. The molecule has 0 bridgehead atoms. The van der Waals surface area contributed by atoms with Gasteiger partial charge in [-0.1, -0.05) is 39.5 Å². The van der Waals surface area contributed by atoms with Crippen LogP contribution in [0.5, 0.6) is 0 Å². The van der Waals surface area contributed by atoms with Gasteiger partial charge in [-0.2, -0.15) is 4.48 Å². The van der Waals surface area contributed by atoms with Crippen molar-refractivity contribution in [1.29, 1.82) is 0 Å². The predicted octanol–water partition coefficient (Wildman–Crippen LogP) is 3.07. The van der Waals surface area contributed by atoms with Gasteiger partial charge >= 0.3 is 18.0 Å². The molecule has 1 saturated carbocycles. The third-order valence-electron chi connectivity index (χ3n) is 7.55. The highest BCUT2D eigenvalue weighted by atomic mass is 16.6. The van der Waals surface area contributed by atoms with Crippen molar-refractivity contribution in [1.82, 2.24) is 10.4 Å². The fraction of sp³-hybridized carbons (Fsp3) is 0.826. The van der Waals surface area contributed by atoms with E-state index in [-0.39, 0.29) is 37.4 Å². The Morgan fingerprint density at radius 2 is 1.91 bits per heavy atom. The number of alkyl carbamates (subject to hydrolysis) is 1. The summed E-state index contributed by atoms with van der Waals surface area (Å²) in [6.45, 7) is 7.68. The quantitative estimate of drug-likeness (QED) is 0.230. The van der Waals surface area contributed by atoms with Crippen LogP contribution in [0.1, 0.15) is 66.2 Å². The monoisotopic (exact) mass is 470 g/mol. The largest absolute Gasteiger partial charge is 0.444 e. The molecule has 4 atom stereocenters. The van der Waals surface area contributed by atoms with Gasteiger partial charge in [0.05, 0.1) is 25.6 Å². The number of carbonyl (C=O) groups is 4. The first-order valence-corrected chi connectivity index (χ1v) is 11.8. The van der Waals surface area contributed by atoms with Gasteiger partial charge in [-0.25, -0.2) is 24.8 Å². The number of rotatable bonds is 9. The van der Waals surface area contributed by atoms with E-state index in [4.69, 9.17) is 9.47 Å². The summed E-state index contributed by atoms with van der Waals surface area (Å²) in [7, 11) is 1.48. The Morgan fingerprint density at radius 3 is 2.42 bits per heavy atom. The maximum Gasteiger partial charge on any atom is 0.433 e. The van der Waals surface area contributed by atoms with Gasteiger partial charge < -0.3 is 9.47 Å². The van der Waals surface area contributed by atoms with Gasteiger partial charge in [0.2, 0.25) is 6.41 Å². The van der Waals surface area contributed by atoms with Crippen molar-refractivity contribution in [3.63, 3.8) is 0 Å². The highest BCUT2D eigenvalue weighted by Crippen LogP contribution is 2.44. The minimum atomic E-state index is -0.934. The van der Waals surface area contributed by atoms with Crippen LogP contribution in [0.25, 0.3) is 0 Å². The van der Waals surface area contributed by atoms with E-state index in [9.17, 15) is 24.4 Å². The Balaban J connectivity index is 2.33. The smallest absolute Gasteiger partial charge is 0.433 e. The number of hydroxylamine groups is 2. The molecule has 33 heavy (non-hydrogen) atoms. The van der Waals surface area contributed by atoms with E-state index < -0.39 is 34.7 Å². The summed E-state index contributed by atoms with van der Waals surface area (Å²) in [5.41, 5.74) is -0.332. The van der Waals surface area contributed by atoms with Crippen LogP contribution >= 0.6 is 0 Å². The molecule has 0 aromatic heterocycles. The number of nitrogens with zero attached hydrogens (tertiary/aromatic N) is 2. The molecule has 2 aliphatic rings. The first-order valence-electron chi connectivity index (χ1n) is 11.8. The number of hydrogen-bond acceptors (Lipinski definition) is 7. The zero-order chi connectivity index (χ0) is 24.8. The standard InChI is InChI=1S/C23H39N3O7/c1-16(14-32-5)33-22(30)24-21(29)26(11-10-23(3,4)17(26)2)20(28)19(13-25(31)15-27)12-18-8-6-7-9-18/h15-19,31H,6-14H2,1-5H3/p+1/t16-,17+,19+,26?/m0/s1. The molecule has 2 N–H and O–H groups in total. The van der Waals surface area contributed by atoms with E-state index in [2.05, 4.69) is 5.32 Å². The van der Waals surface area contributed by atoms with Crippen molar-refractivity contribution < 1.29 is 38.3 Å². The second-order valence-electron chi connectivity index (χ2n) is 10.3. The van der Waals surface area contributed by atoms with Crippen molar-refractivity contribution in [2.75, 3.05) is 26.8 Å². The summed E-state index contributed by atoms with van der Waals surface area (Å²) < 4.78 is 9.56. The predicted molar refractivity (Wildman–Crippen MR) is 119 cm³/mol. The van der Waals surface area contributed by atoms with Gasteiger partial charge in [-0.3, -0.25) is 10.0 Å². The molecule has 0 aromatic rings. The normalized spacial score (nSPS) is 26.4. The third-order valence-corrected chi connectivity index (χ3v) is 7.55. The Kier molecular flexibility index (Phi) is 9.39. The van der Waals surface area contributed by atoms with Crippen molar-refractivity contribution >= 4 is 24.4 Å². The molecular weight excluding hydrogens is 430 g/mol. The molecule has 1 unspecified atom stereocenters. The maximum absolute atomic E-state index is 14.0. The van der Waals surface area contributed by atoms with Crippen LogP contribution < -0.4 is 5.32 Å². The summed E-state index contributed by atoms with van der Waals surface area (Å²) >= 11 is 0. The van der Waals surface area contributed by atoms with E-state index in [1.807, 2.05) is 20.8 Å². The number of carbonyl (C=O) groups excluding carboxylic acids is 4. The lowest BCUT2D eigenvalue weighted by atomic mass is 9.84. The first kappa shape index (κ1) is 27.2.